The van der Waals surface area contributed by atoms with E-state index >= 15 is 0 Å². The molecule has 1 aromatic heterocycles. The van der Waals surface area contributed by atoms with Gasteiger partial charge in [-0.1, -0.05) is 26.7 Å². The molecule has 0 radical (unpaired) electrons. The molecule has 5 nitrogen and oxygen atoms in total. The van der Waals surface area contributed by atoms with E-state index < -0.39 is 10.0 Å². The Morgan fingerprint density at radius 1 is 1.38 bits per heavy atom. The van der Waals surface area contributed by atoms with Crippen LogP contribution in [0.15, 0.2) is 17.2 Å². The van der Waals surface area contributed by atoms with Crippen molar-refractivity contribution >= 4 is 10.0 Å². The lowest BCUT2D eigenvalue weighted by atomic mass is 10.1. The van der Waals surface area contributed by atoms with Crippen LogP contribution in [0.5, 0.6) is 0 Å². The number of sulfonamides is 1. The molecule has 0 aliphatic heterocycles. The first-order valence-electron chi connectivity index (χ1n) is 7.84. The molecular formula is C15H27N3O2S. The van der Waals surface area contributed by atoms with E-state index in [1.165, 1.54) is 0 Å². The van der Waals surface area contributed by atoms with Gasteiger partial charge in [-0.3, -0.25) is 0 Å². The molecule has 1 aliphatic carbocycles. The van der Waals surface area contributed by atoms with Crippen LogP contribution < -0.4 is 10.5 Å². The summed E-state index contributed by atoms with van der Waals surface area (Å²) in [7, 11) is -3.40. The quantitative estimate of drug-likeness (QED) is 0.687. The second-order valence-corrected chi connectivity index (χ2v) is 8.06. The van der Waals surface area contributed by atoms with E-state index in [-0.39, 0.29) is 0 Å². The van der Waals surface area contributed by atoms with Crippen LogP contribution in [-0.2, 0) is 16.6 Å². The summed E-state index contributed by atoms with van der Waals surface area (Å²) in [6, 6.07) is 2.15. The van der Waals surface area contributed by atoms with Crippen LogP contribution in [0.25, 0.3) is 0 Å². The average molecular weight is 313 g/mol. The number of nitrogens with one attached hydrogen (secondary N) is 1. The van der Waals surface area contributed by atoms with Gasteiger partial charge in [0.25, 0.3) is 0 Å². The van der Waals surface area contributed by atoms with Crippen LogP contribution in [0, 0.1) is 5.92 Å². The molecule has 0 bridgehead atoms. The highest BCUT2D eigenvalue weighted by molar-refractivity contribution is 7.89. The maximum absolute atomic E-state index is 12.3. The average Bonchev–Trinajstić information content (AvgIpc) is 3.16. The van der Waals surface area contributed by atoms with Gasteiger partial charge in [-0.05, 0) is 31.2 Å². The fourth-order valence-electron chi connectivity index (χ4n) is 2.47. The highest BCUT2D eigenvalue weighted by Gasteiger charge is 2.27. The summed E-state index contributed by atoms with van der Waals surface area (Å²) in [6.07, 6.45) is 7.03. The molecule has 0 saturated heterocycles. The van der Waals surface area contributed by atoms with Crippen molar-refractivity contribution in [1.82, 2.24) is 9.29 Å². The number of nitrogens with zero attached hydrogens (tertiary/aromatic N) is 1. The largest absolute Gasteiger partial charge is 0.346 e. The Morgan fingerprint density at radius 2 is 2.10 bits per heavy atom. The normalized spacial score (nSPS) is 15.8. The van der Waals surface area contributed by atoms with Crippen LogP contribution in [0.4, 0.5) is 0 Å². The van der Waals surface area contributed by atoms with Crippen molar-refractivity contribution in [2.75, 3.05) is 6.54 Å². The summed E-state index contributed by atoms with van der Waals surface area (Å²) >= 11 is 0. The highest BCUT2D eigenvalue weighted by Crippen LogP contribution is 2.37. The summed E-state index contributed by atoms with van der Waals surface area (Å²) in [5, 5.41) is 0. The van der Waals surface area contributed by atoms with Gasteiger partial charge in [0, 0.05) is 31.0 Å². The fraction of sp³-hybridized carbons (Fsp3) is 0.733. The van der Waals surface area contributed by atoms with Crippen molar-refractivity contribution in [3.8, 4) is 0 Å². The molecule has 2 rings (SSSR count). The molecule has 6 heteroatoms. The molecule has 3 N–H and O–H groups in total. The lowest BCUT2D eigenvalue weighted by molar-refractivity contribution is 0.530. The first-order chi connectivity index (χ1) is 9.94. The van der Waals surface area contributed by atoms with Gasteiger partial charge in [0.1, 0.15) is 0 Å². The molecule has 0 aromatic carbocycles. The molecule has 120 valence electrons. The molecule has 1 heterocycles. The maximum atomic E-state index is 12.3. The minimum absolute atomic E-state index is 0.346. The predicted octanol–water partition coefficient (Wildman–Crippen LogP) is 2.39. The van der Waals surface area contributed by atoms with Gasteiger partial charge < -0.3 is 10.3 Å². The zero-order valence-electron chi connectivity index (χ0n) is 13.0. The third-order valence-corrected chi connectivity index (χ3v) is 5.29. The molecule has 0 unspecified atom stereocenters. The minimum atomic E-state index is -3.40. The highest BCUT2D eigenvalue weighted by atomic mass is 32.2. The monoisotopic (exact) mass is 313 g/mol. The Kier molecular flexibility index (Phi) is 5.46. The van der Waals surface area contributed by atoms with Gasteiger partial charge >= 0.3 is 0 Å². The topological polar surface area (TPSA) is 77.1 Å². The van der Waals surface area contributed by atoms with E-state index in [9.17, 15) is 8.42 Å². The van der Waals surface area contributed by atoms with Crippen LogP contribution in [0.1, 0.15) is 57.7 Å². The third kappa shape index (κ3) is 4.56. The smallest absolute Gasteiger partial charge is 0.242 e. The van der Waals surface area contributed by atoms with Crippen LogP contribution in [0.2, 0.25) is 0 Å². The molecule has 1 saturated carbocycles. The van der Waals surface area contributed by atoms with Crippen LogP contribution in [0.3, 0.4) is 0 Å². The van der Waals surface area contributed by atoms with Gasteiger partial charge in [0.05, 0.1) is 4.90 Å². The Morgan fingerprint density at radius 3 is 2.67 bits per heavy atom. The van der Waals surface area contributed by atoms with Crippen molar-refractivity contribution < 1.29 is 8.42 Å². The molecular weight excluding hydrogens is 286 g/mol. The van der Waals surface area contributed by atoms with Crippen molar-refractivity contribution in [1.29, 1.82) is 0 Å². The van der Waals surface area contributed by atoms with Gasteiger partial charge in [-0.2, -0.15) is 0 Å². The zero-order chi connectivity index (χ0) is 15.5. The molecule has 1 aliphatic rings. The van der Waals surface area contributed by atoms with Crippen LogP contribution >= 0.6 is 0 Å². The number of unbranched alkanes of at least 4 members (excludes halogenated alkanes) is 1. The van der Waals surface area contributed by atoms with E-state index in [1.54, 1.807) is 12.3 Å². The Labute approximate surface area is 128 Å². The van der Waals surface area contributed by atoms with Crippen molar-refractivity contribution in [2.45, 2.75) is 63.4 Å². The molecule has 1 aromatic rings. The summed E-state index contributed by atoms with van der Waals surface area (Å²) in [5.74, 6) is 0.668. The minimum Gasteiger partial charge on any atom is -0.346 e. The van der Waals surface area contributed by atoms with E-state index in [0.717, 1.165) is 37.8 Å². The van der Waals surface area contributed by atoms with Crippen molar-refractivity contribution in [2.24, 2.45) is 11.7 Å². The summed E-state index contributed by atoms with van der Waals surface area (Å²) in [4.78, 5) is 0.346. The molecule has 0 amide bonds. The zero-order valence-corrected chi connectivity index (χ0v) is 13.8. The fourth-order valence-corrected chi connectivity index (χ4v) is 3.59. The van der Waals surface area contributed by atoms with E-state index in [1.807, 2.05) is 4.57 Å². The molecule has 0 atom stereocenters. The Balaban J connectivity index is 1.93. The summed E-state index contributed by atoms with van der Waals surface area (Å²) in [6.45, 7) is 5.24. The predicted molar refractivity (Wildman–Crippen MR) is 84.5 cm³/mol. The summed E-state index contributed by atoms with van der Waals surface area (Å²) in [5.41, 5.74) is 6.61. The first-order valence-corrected chi connectivity index (χ1v) is 9.33. The van der Waals surface area contributed by atoms with Gasteiger partial charge in [0.2, 0.25) is 10.0 Å². The second-order valence-electron chi connectivity index (χ2n) is 6.30. The standard InChI is InChI=1S/C15H27N3O2S/c1-12(2)5-3-4-8-17-21(19,20)15-9-14(10-16)18(11-15)13-6-7-13/h9,11-13,17H,3-8,10,16H2,1-2H3. The SMILES string of the molecule is CC(C)CCCCNS(=O)(=O)c1cc(CN)n(C2CC2)c1. The second kappa shape index (κ2) is 6.94. The Hall–Kier alpha value is -0.850. The molecule has 0 spiro atoms. The number of aromatic nitrogens is 1. The van der Waals surface area contributed by atoms with E-state index in [2.05, 4.69) is 18.6 Å². The van der Waals surface area contributed by atoms with Crippen LogP contribution in [-0.4, -0.2) is 19.5 Å². The van der Waals surface area contributed by atoms with Gasteiger partial charge in [-0.15, -0.1) is 0 Å². The van der Waals surface area contributed by atoms with E-state index in [0.29, 0.717) is 29.9 Å². The molecule has 1 fully saturated rings. The van der Waals surface area contributed by atoms with Crippen molar-refractivity contribution in [3.63, 3.8) is 0 Å². The van der Waals surface area contributed by atoms with Crippen molar-refractivity contribution in [3.05, 3.63) is 18.0 Å². The van der Waals surface area contributed by atoms with Gasteiger partial charge in [-0.25, -0.2) is 13.1 Å². The number of hydrogen-bond donors (Lipinski definition) is 2. The lowest BCUT2D eigenvalue weighted by Gasteiger charge is -2.06. The number of hydrogen-bond acceptors (Lipinski definition) is 3. The van der Waals surface area contributed by atoms with Gasteiger partial charge in [0.15, 0.2) is 0 Å². The lowest BCUT2D eigenvalue weighted by Crippen LogP contribution is -2.24. The first kappa shape index (κ1) is 16.5. The van der Waals surface area contributed by atoms with E-state index in [4.69, 9.17) is 5.73 Å². The Bertz CT molecular complexity index is 559. The summed E-state index contributed by atoms with van der Waals surface area (Å²) < 4.78 is 29.3. The molecule has 21 heavy (non-hydrogen) atoms. The third-order valence-electron chi connectivity index (χ3n) is 3.87. The maximum Gasteiger partial charge on any atom is 0.242 e. The number of rotatable bonds is 9. The number of nitrogens with two attached hydrogens (primary N) is 1.